The molecular weight excluding hydrogens is 377 g/mol. The highest BCUT2D eigenvalue weighted by atomic mass is 19.1. The van der Waals surface area contributed by atoms with E-state index in [9.17, 15) is 19.1 Å². The summed E-state index contributed by atoms with van der Waals surface area (Å²) in [5, 5.41) is 11.0. The summed E-state index contributed by atoms with van der Waals surface area (Å²) < 4.78 is 24.5. The SMILES string of the molecule is COc1ccccc1/C(O)=C1/C(=O)C(=O)N(c2cccc(F)c2)C1c1ccco1. The van der Waals surface area contributed by atoms with Crippen molar-refractivity contribution < 1.29 is 28.2 Å². The maximum absolute atomic E-state index is 13.8. The van der Waals surface area contributed by atoms with Crippen LogP contribution < -0.4 is 9.64 Å². The number of carbonyl (C=O) groups is 2. The molecule has 1 atom stereocenters. The Morgan fingerprint density at radius 1 is 1.10 bits per heavy atom. The Bertz CT molecular complexity index is 1120. The zero-order valence-corrected chi connectivity index (χ0v) is 15.3. The molecule has 3 aromatic rings. The topological polar surface area (TPSA) is 80.0 Å². The predicted octanol–water partition coefficient (Wildman–Crippen LogP) is 4.05. The summed E-state index contributed by atoms with van der Waals surface area (Å²) in [6.45, 7) is 0. The van der Waals surface area contributed by atoms with Gasteiger partial charge in [-0.1, -0.05) is 18.2 Å². The number of methoxy groups -OCH3 is 1. The van der Waals surface area contributed by atoms with Gasteiger partial charge in [-0.25, -0.2) is 4.39 Å². The summed E-state index contributed by atoms with van der Waals surface area (Å²) in [6, 6.07) is 14.0. The van der Waals surface area contributed by atoms with Crippen molar-refractivity contribution in [3.05, 3.63) is 89.6 Å². The van der Waals surface area contributed by atoms with E-state index < -0.39 is 29.3 Å². The third-order valence-electron chi connectivity index (χ3n) is 4.71. The fourth-order valence-electron chi connectivity index (χ4n) is 3.43. The number of rotatable bonds is 4. The Balaban J connectivity index is 1.96. The second-order valence-electron chi connectivity index (χ2n) is 6.36. The number of carbonyl (C=O) groups excluding carboxylic acids is 2. The quantitative estimate of drug-likeness (QED) is 0.411. The van der Waals surface area contributed by atoms with E-state index in [4.69, 9.17) is 9.15 Å². The van der Waals surface area contributed by atoms with Crippen LogP contribution in [0.1, 0.15) is 17.4 Å². The number of hydrogen-bond acceptors (Lipinski definition) is 5. The standard InChI is InChI=1S/C22H16FNO5/c1-28-16-9-3-2-8-15(16)20(25)18-19(17-10-5-11-29-17)24(22(27)21(18)26)14-7-4-6-13(23)12-14/h2-12,19,25H,1H3/b20-18-. The van der Waals surface area contributed by atoms with Crippen molar-refractivity contribution in [2.24, 2.45) is 0 Å². The van der Waals surface area contributed by atoms with Gasteiger partial charge in [0.1, 0.15) is 29.1 Å². The molecule has 7 heteroatoms. The molecule has 1 aliphatic rings. The van der Waals surface area contributed by atoms with E-state index in [1.165, 1.54) is 31.6 Å². The van der Waals surface area contributed by atoms with Gasteiger partial charge in [-0.3, -0.25) is 14.5 Å². The first-order chi connectivity index (χ1) is 14.0. The fraction of sp³-hybridized carbons (Fsp3) is 0.0909. The Hall–Kier alpha value is -3.87. The molecule has 0 saturated carbocycles. The Kier molecular flexibility index (Phi) is 4.64. The highest BCUT2D eigenvalue weighted by Gasteiger charge is 2.48. The number of ketones is 1. The minimum atomic E-state index is -1.06. The lowest BCUT2D eigenvalue weighted by atomic mass is 9.98. The molecule has 4 rings (SSSR count). The molecular formula is C22H16FNO5. The lowest BCUT2D eigenvalue weighted by molar-refractivity contribution is -0.132. The Morgan fingerprint density at radius 2 is 1.90 bits per heavy atom. The van der Waals surface area contributed by atoms with Crippen LogP contribution in [0.2, 0.25) is 0 Å². The minimum Gasteiger partial charge on any atom is -0.507 e. The zero-order chi connectivity index (χ0) is 20.5. The average molecular weight is 393 g/mol. The highest BCUT2D eigenvalue weighted by molar-refractivity contribution is 6.51. The number of Topliss-reactive ketones (excluding diaryl/α,β-unsaturated/α-hetero) is 1. The predicted molar refractivity (Wildman–Crippen MR) is 103 cm³/mol. The number of hydrogen-bond donors (Lipinski definition) is 1. The van der Waals surface area contributed by atoms with Crippen molar-refractivity contribution in [1.29, 1.82) is 0 Å². The van der Waals surface area contributed by atoms with Crippen LogP contribution in [-0.2, 0) is 9.59 Å². The molecule has 0 spiro atoms. The molecule has 146 valence electrons. The molecule has 2 aromatic carbocycles. The van der Waals surface area contributed by atoms with Crippen LogP contribution >= 0.6 is 0 Å². The minimum absolute atomic E-state index is 0.168. The van der Waals surface area contributed by atoms with Crippen molar-refractivity contribution in [2.45, 2.75) is 6.04 Å². The van der Waals surface area contributed by atoms with Gasteiger partial charge in [0.15, 0.2) is 0 Å². The summed E-state index contributed by atoms with van der Waals surface area (Å²) in [5.41, 5.74) is 0.259. The van der Waals surface area contributed by atoms with Gasteiger partial charge in [-0.2, -0.15) is 0 Å². The zero-order valence-electron chi connectivity index (χ0n) is 15.3. The van der Waals surface area contributed by atoms with Crippen molar-refractivity contribution in [3.63, 3.8) is 0 Å². The molecule has 1 fully saturated rings. The molecule has 0 aliphatic carbocycles. The molecule has 1 N–H and O–H groups in total. The second-order valence-corrected chi connectivity index (χ2v) is 6.36. The molecule has 6 nitrogen and oxygen atoms in total. The number of para-hydroxylation sites is 1. The van der Waals surface area contributed by atoms with Gasteiger partial charge < -0.3 is 14.3 Å². The molecule has 0 bridgehead atoms. The molecule has 2 heterocycles. The molecule has 29 heavy (non-hydrogen) atoms. The lowest BCUT2D eigenvalue weighted by Gasteiger charge is -2.23. The number of amides is 1. The maximum Gasteiger partial charge on any atom is 0.300 e. The normalized spacial score (nSPS) is 18.3. The fourth-order valence-corrected chi connectivity index (χ4v) is 3.43. The van der Waals surface area contributed by atoms with Gasteiger partial charge >= 0.3 is 0 Å². The van der Waals surface area contributed by atoms with E-state index in [1.54, 1.807) is 36.4 Å². The van der Waals surface area contributed by atoms with Gasteiger partial charge in [0, 0.05) is 5.69 Å². The van der Waals surface area contributed by atoms with Gasteiger partial charge in [0.2, 0.25) is 0 Å². The number of aliphatic hydroxyl groups excluding tert-OH is 1. The maximum atomic E-state index is 13.8. The number of halogens is 1. The number of furan rings is 1. The number of benzene rings is 2. The smallest absolute Gasteiger partial charge is 0.300 e. The molecule has 1 amide bonds. The van der Waals surface area contributed by atoms with E-state index in [1.807, 2.05) is 0 Å². The summed E-state index contributed by atoms with van der Waals surface area (Å²) in [5.74, 6) is -2.17. The van der Waals surface area contributed by atoms with Gasteiger partial charge in [-0.05, 0) is 42.5 Å². The first kappa shape index (κ1) is 18.5. The third-order valence-corrected chi connectivity index (χ3v) is 4.71. The summed E-state index contributed by atoms with van der Waals surface area (Å²) in [6.07, 6.45) is 1.39. The van der Waals surface area contributed by atoms with E-state index in [0.29, 0.717) is 5.75 Å². The van der Waals surface area contributed by atoms with Gasteiger partial charge in [-0.15, -0.1) is 0 Å². The van der Waals surface area contributed by atoms with Crippen LogP contribution in [0.3, 0.4) is 0 Å². The summed E-state index contributed by atoms with van der Waals surface area (Å²) in [4.78, 5) is 26.9. The van der Waals surface area contributed by atoms with Crippen molar-refractivity contribution >= 4 is 23.1 Å². The first-order valence-corrected chi connectivity index (χ1v) is 8.76. The van der Waals surface area contributed by atoms with Crippen molar-refractivity contribution in [1.82, 2.24) is 0 Å². The van der Waals surface area contributed by atoms with Crippen molar-refractivity contribution in [2.75, 3.05) is 12.0 Å². The number of aliphatic hydroxyl groups is 1. The molecule has 1 unspecified atom stereocenters. The summed E-state index contributed by atoms with van der Waals surface area (Å²) >= 11 is 0. The number of ether oxygens (including phenoxy) is 1. The Labute approximate surface area is 165 Å². The summed E-state index contributed by atoms with van der Waals surface area (Å²) in [7, 11) is 1.43. The van der Waals surface area contributed by atoms with E-state index in [-0.39, 0.29) is 22.6 Å². The number of nitrogens with zero attached hydrogens (tertiary/aromatic N) is 1. The van der Waals surface area contributed by atoms with Crippen LogP contribution in [0.15, 0.2) is 76.9 Å². The van der Waals surface area contributed by atoms with Crippen LogP contribution in [0.4, 0.5) is 10.1 Å². The van der Waals surface area contributed by atoms with Crippen LogP contribution in [-0.4, -0.2) is 23.9 Å². The number of anilines is 1. The Morgan fingerprint density at radius 3 is 2.59 bits per heavy atom. The second kappa shape index (κ2) is 7.27. The molecule has 1 saturated heterocycles. The molecule has 0 radical (unpaired) electrons. The highest BCUT2D eigenvalue weighted by Crippen LogP contribution is 2.43. The molecule has 1 aromatic heterocycles. The van der Waals surface area contributed by atoms with Crippen LogP contribution in [0.25, 0.3) is 5.76 Å². The monoisotopic (exact) mass is 393 g/mol. The van der Waals surface area contributed by atoms with Crippen LogP contribution in [0, 0.1) is 5.82 Å². The largest absolute Gasteiger partial charge is 0.507 e. The van der Waals surface area contributed by atoms with Gasteiger partial charge in [0.25, 0.3) is 11.7 Å². The molecule has 1 aliphatic heterocycles. The van der Waals surface area contributed by atoms with E-state index >= 15 is 0 Å². The van der Waals surface area contributed by atoms with E-state index in [2.05, 4.69) is 0 Å². The lowest BCUT2D eigenvalue weighted by Crippen LogP contribution is -2.29. The van der Waals surface area contributed by atoms with Crippen LogP contribution in [0.5, 0.6) is 5.75 Å². The first-order valence-electron chi connectivity index (χ1n) is 8.76. The third kappa shape index (κ3) is 3.06. The average Bonchev–Trinajstić information content (AvgIpc) is 3.34. The van der Waals surface area contributed by atoms with Crippen molar-refractivity contribution in [3.8, 4) is 5.75 Å². The van der Waals surface area contributed by atoms with Gasteiger partial charge in [0.05, 0.1) is 24.5 Å². The van der Waals surface area contributed by atoms with E-state index in [0.717, 1.165) is 11.0 Å².